The van der Waals surface area contributed by atoms with E-state index in [9.17, 15) is 4.79 Å². The Morgan fingerprint density at radius 2 is 2.03 bits per heavy atom. The number of hydrogen-bond donors (Lipinski definition) is 2. The number of carbonyl (C=O) groups is 1. The number of pyridine rings is 1. The number of rotatable bonds is 6. The van der Waals surface area contributed by atoms with Crippen molar-refractivity contribution in [3.8, 4) is 17.1 Å². The summed E-state index contributed by atoms with van der Waals surface area (Å²) in [5, 5.41) is 11.9. The largest absolute Gasteiger partial charge is 0.473 e. The van der Waals surface area contributed by atoms with Crippen LogP contribution in [0, 0.1) is 5.92 Å². The van der Waals surface area contributed by atoms with Gasteiger partial charge in [0.25, 0.3) is 0 Å². The summed E-state index contributed by atoms with van der Waals surface area (Å²) in [4.78, 5) is 21.4. The standard InChI is InChI=1S/C25H26N6O2/c1-13(16-9-22(32)26-11-16)33-25-24-21(27-12-31(24)17-5-6-17)10-19(28-25)15-4-7-18-20(8-15)29-30-23(18)14-2-3-14/h4,7-8,10,12-14,16-17H,2-3,5-6,9,11H2,1H3,(H,26,32)(H,29,30)/t13?,16-/m1/s1. The average molecular weight is 443 g/mol. The topological polar surface area (TPSA) is 97.7 Å². The van der Waals surface area contributed by atoms with E-state index < -0.39 is 0 Å². The molecule has 2 saturated carbocycles. The third kappa shape index (κ3) is 3.27. The number of amides is 1. The van der Waals surface area contributed by atoms with Crippen LogP contribution in [0.25, 0.3) is 33.2 Å². The first-order chi connectivity index (χ1) is 16.1. The third-order valence-corrected chi connectivity index (χ3v) is 7.30. The number of aromatic nitrogens is 5. The van der Waals surface area contributed by atoms with Crippen LogP contribution in [0.4, 0.5) is 0 Å². The minimum absolute atomic E-state index is 0.0863. The lowest BCUT2D eigenvalue weighted by atomic mass is 10.0. The van der Waals surface area contributed by atoms with E-state index in [1.54, 1.807) is 0 Å². The predicted molar refractivity (Wildman–Crippen MR) is 124 cm³/mol. The number of fused-ring (bicyclic) bond motifs is 2. The zero-order valence-corrected chi connectivity index (χ0v) is 18.5. The van der Waals surface area contributed by atoms with Gasteiger partial charge in [-0.2, -0.15) is 5.10 Å². The summed E-state index contributed by atoms with van der Waals surface area (Å²) in [6, 6.07) is 8.87. The molecule has 4 aromatic rings. The van der Waals surface area contributed by atoms with Crippen LogP contribution < -0.4 is 10.1 Å². The van der Waals surface area contributed by atoms with Crippen LogP contribution in [0.15, 0.2) is 30.6 Å². The Balaban J connectivity index is 1.30. The molecule has 33 heavy (non-hydrogen) atoms. The van der Waals surface area contributed by atoms with Gasteiger partial charge < -0.3 is 14.6 Å². The second-order valence-electron chi connectivity index (χ2n) is 9.80. The van der Waals surface area contributed by atoms with Gasteiger partial charge in [0.1, 0.15) is 11.6 Å². The molecule has 1 amide bonds. The molecule has 2 aliphatic carbocycles. The Morgan fingerprint density at radius 3 is 2.79 bits per heavy atom. The van der Waals surface area contributed by atoms with Gasteiger partial charge >= 0.3 is 0 Å². The van der Waals surface area contributed by atoms with Gasteiger partial charge in [0.2, 0.25) is 11.8 Å². The van der Waals surface area contributed by atoms with Crippen LogP contribution in [-0.2, 0) is 4.79 Å². The lowest BCUT2D eigenvalue weighted by Crippen LogP contribution is -2.26. The van der Waals surface area contributed by atoms with E-state index in [0.29, 0.717) is 30.8 Å². The van der Waals surface area contributed by atoms with Gasteiger partial charge in [-0.1, -0.05) is 12.1 Å². The number of aromatic amines is 1. The van der Waals surface area contributed by atoms with Crippen molar-refractivity contribution < 1.29 is 9.53 Å². The summed E-state index contributed by atoms with van der Waals surface area (Å²) in [6.45, 7) is 2.67. The normalized spacial score (nSPS) is 21.6. The van der Waals surface area contributed by atoms with Crippen molar-refractivity contribution in [3.63, 3.8) is 0 Å². The number of nitrogens with zero attached hydrogens (tertiary/aromatic N) is 4. The van der Waals surface area contributed by atoms with Crippen molar-refractivity contribution in [2.75, 3.05) is 6.54 Å². The Hall–Kier alpha value is -3.42. The van der Waals surface area contributed by atoms with E-state index in [0.717, 1.165) is 40.6 Å². The molecular weight excluding hydrogens is 416 g/mol. The van der Waals surface area contributed by atoms with Crippen LogP contribution in [-0.4, -0.2) is 43.3 Å². The average Bonchev–Trinajstić information content (AvgIpc) is 3.72. The quantitative estimate of drug-likeness (QED) is 0.469. The smallest absolute Gasteiger partial charge is 0.241 e. The molecular formula is C25H26N6O2. The first-order valence-electron chi connectivity index (χ1n) is 11.9. The molecule has 2 N–H and O–H groups in total. The SMILES string of the molecule is CC(Oc1nc(-c2ccc3c(C4CC4)[nH]nc3c2)cc2ncn(C3CC3)c12)[C@H]1CNC(=O)C1. The highest BCUT2D eigenvalue weighted by Crippen LogP contribution is 2.43. The molecule has 0 spiro atoms. The van der Waals surface area contributed by atoms with Gasteiger partial charge in [0.05, 0.1) is 23.1 Å². The van der Waals surface area contributed by atoms with Crippen molar-refractivity contribution >= 4 is 27.8 Å². The van der Waals surface area contributed by atoms with E-state index in [1.165, 1.54) is 23.9 Å². The summed E-state index contributed by atoms with van der Waals surface area (Å²) in [6.07, 6.45) is 7.05. The molecule has 4 heterocycles. The predicted octanol–water partition coefficient (Wildman–Crippen LogP) is 4.09. The number of H-pyrrole nitrogens is 1. The first-order valence-corrected chi connectivity index (χ1v) is 11.9. The van der Waals surface area contributed by atoms with Gasteiger partial charge in [-0.25, -0.2) is 9.97 Å². The number of carbonyl (C=O) groups excluding carboxylic acids is 1. The molecule has 1 unspecified atom stereocenters. The number of imidazole rings is 1. The number of nitrogens with one attached hydrogen (secondary N) is 2. The second kappa shape index (κ2) is 7.04. The lowest BCUT2D eigenvalue weighted by Gasteiger charge is -2.20. The minimum atomic E-state index is -0.132. The molecule has 3 aliphatic rings. The van der Waals surface area contributed by atoms with Crippen molar-refractivity contribution in [1.82, 2.24) is 30.0 Å². The Bertz CT molecular complexity index is 1400. The maximum atomic E-state index is 11.7. The molecule has 2 atom stereocenters. The molecule has 0 bridgehead atoms. The van der Waals surface area contributed by atoms with Gasteiger partial charge in [0, 0.05) is 47.5 Å². The number of benzene rings is 1. The van der Waals surface area contributed by atoms with Gasteiger partial charge in [-0.15, -0.1) is 0 Å². The van der Waals surface area contributed by atoms with Crippen LogP contribution in [0.5, 0.6) is 5.88 Å². The third-order valence-electron chi connectivity index (χ3n) is 7.30. The highest BCUT2D eigenvalue weighted by molar-refractivity contribution is 5.89. The van der Waals surface area contributed by atoms with Crippen LogP contribution in [0.3, 0.4) is 0 Å². The summed E-state index contributed by atoms with van der Waals surface area (Å²) < 4.78 is 8.64. The second-order valence-corrected chi connectivity index (χ2v) is 9.80. The lowest BCUT2D eigenvalue weighted by molar-refractivity contribution is -0.119. The minimum Gasteiger partial charge on any atom is -0.473 e. The zero-order chi connectivity index (χ0) is 22.1. The van der Waals surface area contributed by atoms with Crippen molar-refractivity contribution in [3.05, 3.63) is 36.3 Å². The van der Waals surface area contributed by atoms with Crippen molar-refractivity contribution in [2.45, 2.75) is 57.1 Å². The number of ether oxygens (including phenoxy) is 1. The summed E-state index contributed by atoms with van der Waals surface area (Å²) in [5.74, 6) is 1.44. The van der Waals surface area contributed by atoms with Crippen molar-refractivity contribution in [1.29, 1.82) is 0 Å². The van der Waals surface area contributed by atoms with Crippen molar-refractivity contribution in [2.24, 2.45) is 5.92 Å². The fourth-order valence-electron chi connectivity index (χ4n) is 4.99. The summed E-state index contributed by atoms with van der Waals surface area (Å²) >= 11 is 0. The maximum absolute atomic E-state index is 11.7. The molecule has 1 saturated heterocycles. The zero-order valence-electron chi connectivity index (χ0n) is 18.5. The van der Waals surface area contributed by atoms with E-state index >= 15 is 0 Å². The van der Waals surface area contributed by atoms with E-state index in [4.69, 9.17) is 14.7 Å². The first kappa shape index (κ1) is 19.1. The fraction of sp³-hybridized carbons (Fsp3) is 0.440. The molecule has 168 valence electrons. The van der Waals surface area contributed by atoms with Gasteiger partial charge in [0.15, 0.2) is 0 Å². The number of hydrogen-bond acceptors (Lipinski definition) is 5. The Morgan fingerprint density at radius 1 is 1.15 bits per heavy atom. The maximum Gasteiger partial charge on any atom is 0.241 e. The molecule has 0 radical (unpaired) electrons. The summed E-state index contributed by atoms with van der Waals surface area (Å²) in [5.41, 5.74) is 5.86. The van der Waals surface area contributed by atoms with Gasteiger partial charge in [-0.3, -0.25) is 9.89 Å². The molecule has 3 fully saturated rings. The molecule has 1 aromatic carbocycles. The molecule has 8 heteroatoms. The summed E-state index contributed by atoms with van der Waals surface area (Å²) in [7, 11) is 0. The van der Waals surface area contributed by atoms with E-state index in [1.807, 2.05) is 19.3 Å². The molecule has 8 nitrogen and oxygen atoms in total. The Kier molecular flexibility index (Phi) is 4.07. The molecule has 3 aromatic heterocycles. The highest BCUT2D eigenvalue weighted by atomic mass is 16.5. The van der Waals surface area contributed by atoms with E-state index in [-0.39, 0.29) is 17.9 Å². The molecule has 7 rings (SSSR count). The van der Waals surface area contributed by atoms with Crippen LogP contribution >= 0.6 is 0 Å². The molecule has 1 aliphatic heterocycles. The van der Waals surface area contributed by atoms with Crippen LogP contribution in [0.1, 0.15) is 56.7 Å². The van der Waals surface area contributed by atoms with Crippen LogP contribution in [0.2, 0.25) is 0 Å². The Labute approximate surface area is 190 Å². The van der Waals surface area contributed by atoms with E-state index in [2.05, 4.69) is 38.3 Å². The monoisotopic (exact) mass is 442 g/mol. The van der Waals surface area contributed by atoms with Gasteiger partial charge in [-0.05, 0) is 44.7 Å². The highest BCUT2D eigenvalue weighted by Gasteiger charge is 2.31. The fourth-order valence-corrected chi connectivity index (χ4v) is 4.99.